The highest BCUT2D eigenvalue weighted by Crippen LogP contribution is 2.30. The number of aromatic nitrogens is 1. The van der Waals surface area contributed by atoms with Gasteiger partial charge in [0.2, 0.25) is 0 Å². The van der Waals surface area contributed by atoms with E-state index in [-0.39, 0.29) is 17.4 Å². The van der Waals surface area contributed by atoms with E-state index in [2.05, 4.69) is 40.7 Å². The number of nitrogens with zero attached hydrogens (tertiary/aromatic N) is 4. The number of hydrogen-bond donors (Lipinski definition) is 2. The molecule has 1 aliphatic heterocycles. The molecule has 0 radical (unpaired) electrons. The third-order valence-electron chi connectivity index (χ3n) is 5.44. The molecule has 2 aromatic rings. The zero-order valence-electron chi connectivity index (χ0n) is 17.3. The maximum Gasteiger partial charge on any atom is 0.178 e. The van der Waals surface area contributed by atoms with Gasteiger partial charge in [0.25, 0.3) is 0 Å². The van der Waals surface area contributed by atoms with Gasteiger partial charge in [-0.25, -0.2) is 9.92 Å². The molecular weight excluding hydrogens is 367 g/mol. The van der Waals surface area contributed by atoms with Crippen molar-refractivity contribution in [1.82, 2.24) is 9.88 Å². The van der Waals surface area contributed by atoms with Crippen molar-refractivity contribution in [2.24, 2.45) is 11.0 Å². The van der Waals surface area contributed by atoms with Gasteiger partial charge in [0.15, 0.2) is 5.84 Å². The summed E-state index contributed by atoms with van der Waals surface area (Å²) in [5.74, 6) is -0.397. The van der Waals surface area contributed by atoms with Crippen LogP contribution in [0.15, 0.2) is 41.6 Å². The van der Waals surface area contributed by atoms with Crippen LogP contribution in [0.4, 0.5) is 10.1 Å². The molecule has 0 amide bonds. The average Bonchev–Trinajstić information content (AvgIpc) is 2.72. The van der Waals surface area contributed by atoms with Crippen molar-refractivity contribution in [3.05, 3.63) is 59.2 Å². The average molecular weight is 397 g/mol. The topological polar surface area (TPSA) is 79.4 Å². The number of anilines is 1. The molecule has 154 valence electrons. The molecule has 1 saturated heterocycles. The molecule has 6 nitrogen and oxygen atoms in total. The summed E-state index contributed by atoms with van der Waals surface area (Å²) in [6.45, 7) is 9.44. The zero-order valence-corrected chi connectivity index (χ0v) is 17.3. The lowest BCUT2D eigenvalue weighted by Gasteiger charge is -2.39. The Balaban J connectivity index is 1.82. The Bertz CT molecular complexity index is 859. The minimum atomic E-state index is -0.469. The van der Waals surface area contributed by atoms with E-state index in [0.717, 1.165) is 43.9 Å². The molecular formula is C22H29FN6. The highest BCUT2D eigenvalue weighted by Gasteiger charge is 2.26. The fourth-order valence-corrected chi connectivity index (χ4v) is 3.94. The van der Waals surface area contributed by atoms with Gasteiger partial charge in [-0.1, -0.05) is 19.9 Å². The fraction of sp³-hybridized carbons (Fsp3) is 0.455. The predicted octanol–water partition coefficient (Wildman–Crippen LogP) is 4.66. The monoisotopic (exact) mass is 396 g/mol. The molecule has 29 heavy (non-hydrogen) atoms. The predicted molar refractivity (Wildman–Crippen MR) is 113 cm³/mol. The van der Waals surface area contributed by atoms with E-state index in [1.165, 1.54) is 6.07 Å². The molecule has 0 bridgehead atoms. The van der Waals surface area contributed by atoms with Crippen LogP contribution in [0.2, 0.25) is 0 Å². The van der Waals surface area contributed by atoms with E-state index >= 15 is 0 Å². The van der Waals surface area contributed by atoms with E-state index in [9.17, 15) is 4.39 Å². The molecule has 1 aromatic carbocycles. The van der Waals surface area contributed by atoms with E-state index in [0.29, 0.717) is 11.6 Å². The molecule has 0 saturated carbocycles. The molecule has 1 atom stereocenters. The van der Waals surface area contributed by atoms with Crippen molar-refractivity contribution in [2.75, 3.05) is 31.1 Å². The van der Waals surface area contributed by atoms with Gasteiger partial charge in [-0.05, 0) is 49.1 Å². The maximum atomic E-state index is 14.9. The second-order valence-electron chi connectivity index (χ2n) is 7.98. The largest absolute Gasteiger partial charge is 0.368 e. The van der Waals surface area contributed by atoms with Crippen LogP contribution in [0.25, 0.3) is 0 Å². The smallest absolute Gasteiger partial charge is 0.178 e. The number of piperazine rings is 1. The van der Waals surface area contributed by atoms with Crippen molar-refractivity contribution in [3.8, 4) is 0 Å². The van der Waals surface area contributed by atoms with Crippen molar-refractivity contribution < 1.29 is 4.39 Å². The van der Waals surface area contributed by atoms with Crippen molar-refractivity contribution in [1.29, 1.82) is 10.9 Å². The Morgan fingerprint density at radius 1 is 1.17 bits per heavy atom. The molecule has 0 spiro atoms. The normalized spacial score (nSPS) is 16.1. The lowest BCUT2D eigenvalue weighted by molar-refractivity contribution is 0.195. The molecule has 2 heterocycles. The van der Waals surface area contributed by atoms with Crippen LogP contribution in [-0.4, -0.2) is 41.9 Å². The van der Waals surface area contributed by atoms with Gasteiger partial charge in [0.1, 0.15) is 5.82 Å². The Hall–Kier alpha value is -2.67. The summed E-state index contributed by atoms with van der Waals surface area (Å²) in [4.78, 5) is 8.95. The number of amidine groups is 1. The molecule has 1 fully saturated rings. The number of pyridine rings is 1. The minimum Gasteiger partial charge on any atom is -0.368 e. The quantitative estimate of drug-likeness (QED) is 0.423. The summed E-state index contributed by atoms with van der Waals surface area (Å²) in [6.07, 6.45) is 2.58. The Morgan fingerprint density at radius 2 is 1.90 bits per heavy atom. The van der Waals surface area contributed by atoms with Gasteiger partial charge in [-0.15, -0.1) is 5.11 Å². The van der Waals surface area contributed by atoms with Crippen molar-refractivity contribution in [2.45, 2.75) is 33.2 Å². The van der Waals surface area contributed by atoms with E-state index in [1.54, 1.807) is 0 Å². The van der Waals surface area contributed by atoms with Gasteiger partial charge in [-0.3, -0.25) is 15.3 Å². The number of hydrogen-bond acceptors (Lipinski definition) is 5. The Labute approximate surface area is 171 Å². The summed E-state index contributed by atoms with van der Waals surface area (Å²) in [6, 6.07) is 9.62. The van der Waals surface area contributed by atoms with Crippen LogP contribution < -0.4 is 4.90 Å². The Morgan fingerprint density at radius 3 is 2.48 bits per heavy atom. The first kappa shape index (κ1) is 21.0. The zero-order chi connectivity index (χ0) is 21.0. The third kappa shape index (κ3) is 4.85. The number of benzene rings is 1. The highest BCUT2D eigenvalue weighted by molar-refractivity contribution is 6.02. The maximum absolute atomic E-state index is 14.9. The lowest BCUT2D eigenvalue weighted by atomic mass is 9.98. The van der Waals surface area contributed by atoms with Crippen LogP contribution in [0.1, 0.15) is 43.6 Å². The SMILES string of the molecule is CC(C)Cc1cc(F)c(C(=N)N=N)c(N2CCN(C(C)c3ccccn3)CC2)c1. The fourth-order valence-electron chi connectivity index (χ4n) is 3.94. The number of halogens is 1. The van der Waals surface area contributed by atoms with Crippen molar-refractivity contribution >= 4 is 11.5 Å². The number of nitrogens with one attached hydrogen (secondary N) is 2. The van der Waals surface area contributed by atoms with Crippen LogP contribution >= 0.6 is 0 Å². The number of rotatable bonds is 6. The van der Waals surface area contributed by atoms with Gasteiger partial charge in [-0.2, -0.15) is 0 Å². The first-order chi connectivity index (χ1) is 13.9. The second kappa shape index (κ2) is 9.22. The summed E-state index contributed by atoms with van der Waals surface area (Å²) >= 11 is 0. The Kier molecular flexibility index (Phi) is 6.69. The van der Waals surface area contributed by atoms with Gasteiger partial charge in [0, 0.05) is 38.4 Å². The standard InChI is InChI=1S/C22H29FN6/c1-15(2)12-17-13-18(23)21(22(24)27-25)20(14-17)29-10-8-28(9-11-29)16(3)19-6-4-5-7-26-19/h4-7,13-16,24-25H,8-12H2,1-3H3. The van der Waals surface area contributed by atoms with Gasteiger partial charge >= 0.3 is 0 Å². The van der Waals surface area contributed by atoms with E-state index in [1.807, 2.05) is 30.5 Å². The summed E-state index contributed by atoms with van der Waals surface area (Å²) in [5.41, 5.74) is 9.96. The molecule has 2 N–H and O–H groups in total. The van der Waals surface area contributed by atoms with Crippen LogP contribution in [0.5, 0.6) is 0 Å². The van der Waals surface area contributed by atoms with Crippen LogP contribution in [0, 0.1) is 22.7 Å². The molecule has 7 heteroatoms. The summed E-state index contributed by atoms with van der Waals surface area (Å²) in [7, 11) is 0. The van der Waals surface area contributed by atoms with Gasteiger partial charge < -0.3 is 4.90 Å². The first-order valence-electron chi connectivity index (χ1n) is 10.1. The molecule has 0 aliphatic carbocycles. The lowest BCUT2D eigenvalue weighted by Crippen LogP contribution is -2.47. The highest BCUT2D eigenvalue weighted by atomic mass is 19.1. The van der Waals surface area contributed by atoms with E-state index < -0.39 is 5.82 Å². The van der Waals surface area contributed by atoms with E-state index in [4.69, 9.17) is 10.9 Å². The first-order valence-corrected chi connectivity index (χ1v) is 10.1. The molecule has 1 aliphatic rings. The van der Waals surface area contributed by atoms with Gasteiger partial charge in [0.05, 0.1) is 16.9 Å². The molecule has 1 unspecified atom stereocenters. The van der Waals surface area contributed by atoms with Crippen LogP contribution in [0.3, 0.4) is 0 Å². The molecule has 3 rings (SSSR count). The van der Waals surface area contributed by atoms with Crippen LogP contribution in [-0.2, 0) is 6.42 Å². The summed E-state index contributed by atoms with van der Waals surface area (Å²) < 4.78 is 14.9. The minimum absolute atomic E-state index is 0.124. The molecule has 1 aromatic heterocycles. The third-order valence-corrected chi connectivity index (χ3v) is 5.44. The van der Waals surface area contributed by atoms with Crippen molar-refractivity contribution in [3.63, 3.8) is 0 Å². The second-order valence-corrected chi connectivity index (χ2v) is 7.98. The summed E-state index contributed by atoms with van der Waals surface area (Å²) in [5, 5.41) is 11.2.